The minimum absolute atomic E-state index is 0.0584. The molecule has 0 bridgehead atoms. The molecule has 33 heavy (non-hydrogen) atoms. The Morgan fingerprint density at radius 3 is 2.58 bits per heavy atom. The maximum absolute atomic E-state index is 13.1. The highest BCUT2D eigenvalue weighted by atomic mass is 35.5. The van der Waals surface area contributed by atoms with E-state index in [4.69, 9.17) is 26.8 Å². The Balaban J connectivity index is 1.44. The third-order valence-corrected chi connectivity index (χ3v) is 6.12. The second-order valence-electron chi connectivity index (χ2n) is 8.19. The molecule has 0 aliphatic carbocycles. The van der Waals surface area contributed by atoms with Crippen LogP contribution in [0, 0.1) is 5.92 Å². The lowest BCUT2D eigenvalue weighted by molar-refractivity contribution is -0.123. The van der Waals surface area contributed by atoms with Crippen LogP contribution in [0.25, 0.3) is 0 Å². The van der Waals surface area contributed by atoms with Crippen molar-refractivity contribution in [3.8, 4) is 11.5 Å². The maximum Gasteiger partial charge on any atom is 0.255 e. The largest absolute Gasteiger partial charge is 0.489 e. The van der Waals surface area contributed by atoms with Gasteiger partial charge in [-0.1, -0.05) is 23.7 Å². The van der Waals surface area contributed by atoms with E-state index in [-0.39, 0.29) is 30.1 Å². The summed E-state index contributed by atoms with van der Waals surface area (Å²) in [5, 5.41) is 3.24. The highest BCUT2D eigenvalue weighted by molar-refractivity contribution is 6.32. The molecule has 4 rings (SSSR count). The van der Waals surface area contributed by atoms with Gasteiger partial charge in [-0.2, -0.15) is 0 Å². The van der Waals surface area contributed by atoms with E-state index in [1.165, 1.54) is 0 Å². The minimum atomic E-state index is -0.329. The zero-order valence-corrected chi connectivity index (χ0v) is 18.9. The van der Waals surface area contributed by atoms with Crippen molar-refractivity contribution in [3.05, 3.63) is 52.5 Å². The molecule has 2 aromatic carbocycles. The number of nitrogens with one attached hydrogen (secondary N) is 1. The molecule has 2 aliphatic rings. The van der Waals surface area contributed by atoms with Gasteiger partial charge < -0.3 is 25.4 Å². The molecular weight excluding hydrogens is 446 g/mol. The van der Waals surface area contributed by atoms with Crippen LogP contribution >= 0.6 is 11.6 Å². The summed E-state index contributed by atoms with van der Waals surface area (Å²) >= 11 is 6.33. The van der Waals surface area contributed by atoms with Gasteiger partial charge in [0.1, 0.15) is 0 Å². The fourth-order valence-electron chi connectivity index (χ4n) is 4.08. The molecule has 0 unspecified atom stereocenters. The molecule has 2 aromatic rings. The number of carbonyl (C=O) groups is 3. The first kappa shape index (κ1) is 22.9. The standard InChI is InChI=1S/C24H26ClN3O5/c25-18-12-15(13-20-22(18)33-11-3-10-32-20)14-21(29)27-19-5-2-1-4-17(19)24(31)28-8-6-16(7-9-28)23(26)30/h1-2,4-5,12-13,16H,3,6-11,14H2,(H2,26,30)(H,27,29). The van der Waals surface area contributed by atoms with Gasteiger partial charge in [-0.05, 0) is 42.7 Å². The summed E-state index contributed by atoms with van der Waals surface area (Å²) in [5.41, 5.74) is 6.90. The van der Waals surface area contributed by atoms with Gasteiger partial charge in [0, 0.05) is 25.4 Å². The molecule has 0 atom stereocenters. The van der Waals surface area contributed by atoms with E-state index in [0.717, 1.165) is 6.42 Å². The van der Waals surface area contributed by atoms with Crippen LogP contribution in [-0.2, 0) is 16.0 Å². The van der Waals surface area contributed by atoms with Crippen molar-refractivity contribution < 1.29 is 23.9 Å². The number of hydrogen-bond donors (Lipinski definition) is 2. The fourth-order valence-corrected chi connectivity index (χ4v) is 4.37. The van der Waals surface area contributed by atoms with E-state index in [9.17, 15) is 14.4 Å². The summed E-state index contributed by atoms with van der Waals surface area (Å²) in [6.45, 7) is 1.94. The lowest BCUT2D eigenvalue weighted by Gasteiger charge is -2.31. The number of halogens is 1. The van der Waals surface area contributed by atoms with Crippen molar-refractivity contribution in [2.75, 3.05) is 31.6 Å². The molecule has 2 aliphatic heterocycles. The van der Waals surface area contributed by atoms with Crippen molar-refractivity contribution in [3.63, 3.8) is 0 Å². The SMILES string of the molecule is NC(=O)C1CCN(C(=O)c2ccccc2NC(=O)Cc2cc(Cl)c3c(c2)OCCCO3)CC1. The zero-order chi connectivity index (χ0) is 23.4. The summed E-state index contributed by atoms with van der Waals surface area (Å²) in [5.74, 6) is 0.0172. The lowest BCUT2D eigenvalue weighted by Crippen LogP contribution is -2.42. The van der Waals surface area contributed by atoms with Crippen molar-refractivity contribution in [2.45, 2.75) is 25.7 Å². The fraction of sp³-hybridized carbons (Fsp3) is 0.375. The number of nitrogens with zero attached hydrogens (tertiary/aromatic N) is 1. The number of anilines is 1. The van der Waals surface area contributed by atoms with Crippen LogP contribution in [-0.4, -0.2) is 48.9 Å². The smallest absolute Gasteiger partial charge is 0.255 e. The molecule has 9 heteroatoms. The Labute approximate surface area is 197 Å². The van der Waals surface area contributed by atoms with Crippen LogP contribution in [0.3, 0.4) is 0 Å². The van der Waals surface area contributed by atoms with Crippen LogP contribution in [0.1, 0.15) is 35.2 Å². The second-order valence-corrected chi connectivity index (χ2v) is 8.60. The third kappa shape index (κ3) is 5.39. The summed E-state index contributed by atoms with van der Waals surface area (Å²) in [6, 6.07) is 10.3. The number of hydrogen-bond acceptors (Lipinski definition) is 5. The predicted octanol–water partition coefficient (Wildman–Crippen LogP) is 3.02. The summed E-state index contributed by atoms with van der Waals surface area (Å²) < 4.78 is 11.3. The molecule has 0 radical (unpaired) electrons. The zero-order valence-electron chi connectivity index (χ0n) is 18.1. The topological polar surface area (TPSA) is 111 Å². The molecule has 0 saturated carbocycles. The molecule has 3 N–H and O–H groups in total. The van der Waals surface area contributed by atoms with Gasteiger partial charge in [0.05, 0.1) is 35.9 Å². The van der Waals surface area contributed by atoms with Gasteiger partial charge in [-0.25, -0.2) is 0 Å². The monoisotopic (exact) mass is 471 g/mol. The number of piperidine rings is 1. The summed E-state index contributed by atoms with van der Waals surface area (Å²) in [6.07, 6.45) is 1.90. The van der Waals surface area contributed by atoms with Gasteiger partial charge >= 0.3 is 0 Å². The van der Waals surface area contributed by atoms with Crippen LogP contribution in [0.2, 0.25) is 5.02 Å². The number of nitrogens with two attached hydrogens (primary N) is 1. The highest BCUT2D eigenvalue weighted by Crippen LogP contribution is 2.38. The van der Waals surface area contributed by atoms with Crippen molar-refractivity contribution in [1.82, 2.24) is 4.90 Å². The van der Waals surface area contributed by atoms with Gasteiger partial charge in [0.15, 0.2) is 11.5 Å². The number of ether oxygens (including phenoxy) is 2. The van der Waals surface area contributed by atoms with E-state index in [0.29, 0.717) is 72.5 Å². The average molecular weight is 472 g/mol. The maximum atomic E-state index is 13.1. The predicted molar refractivity (Wildman–Crippen MR) is 124 cm³/mol. The van der Waals surface area contributed by atoms with Crippen LogP contribution in [0.5, 0.6) is 11.5 Å². The van der Waals surface area contributed by atoms with Crippen LogP contribution in [0.15, 0.2) is 36.4 Å². The quantitative estimate of drug-likeness (QED) is 0.696. The van der Waals surface area contributed by atoms with Crippen molar-refractivity contribution >= 4 is 35.0 Å². The van der Waals surface area contributed by atoms with E-state index in [1.807, 2.05) is 0 Å². The molecular formula is C24H26ClN3O5. The van der Waals surface area contributed by atoms with Crippen molar-refractivity contribution in [1.29, 1.82) is 0 Å². The average Bonchev–Trinajstić information content (AvgIpc) is 3.05. The number of para-hydroxylation sites is 1. The Kier molecular flexibility index (Phi) is 7.03. The number of likely N-dealkylation sites (tertiary alicyclic amines) is 1. The molecule has 0 aromatic heterocycles. The van der Waals surface area contributed by atoms with Gasteiger partial charge in [0.25, 0.3) is 5.91 Å². The van der Waals surface area contributed by atoms with Gasteiger partial charge in [-0.15, -0.1) is 0 Å². The lowest BCUT2D eigenvalue weighted by atomic mass is 9.95. The van der Waals surface area contributed by atoms with E-state index < -0.39 is 0 Å². The number of rotatable bonds is 5. The Morgan fingerprint density at radius 1 is 1.09 bits per heavy atom. The minimum Gasteiger partial charge on any atom is -0.489 e. The molecule has 1 saturated heterocycles. The van der Waals surface area contributed by atoms with Crippen LogP contribution in [0.4, 0.5) is 5.69 Å². The molecule has 174 valence electrons. The van der Waals surface area contributed by atoms with Gasteiger partial charge in [-0.3, -0.25) is 14.4 Å². The first-order valence-electron chi connectivity index (χ1n) is 11.0. The highest BCUT2D eigenvalue weighted by Gasteiger charge is 2.27. The third-order valence-electron chi connectivity index (χ3n) is 5.84. The first-order valence-corrected chi connectivity index (χ1v) is 11.4. The van der Waals surface area contributed by atoms with E-state index in [1.54, 1.807) is 41.3 Å². The molecule has 0 spiro atoms. The summed E-state index contributed by atoms with van der Waals surface area (Å²) in [4.78, 5) is 39.0. The Bertz CT molecular complexity index is 1070. The number of amides is 3. The normalized spacial score (nSPS) is 16.1. The molecule has 8 nitrogen and oxygen atoms in total. The number of fused-ring (bicyclic) bond motifs is 1. The van der Waals surface area contributed by atoms with Crippen LogP contribution < -0.4 is 20.5 Å². The molecule has 1 fully saturated rings. The van der Waals surface area contributed by atoms with E-state index in [2.05, 4.69) is 5.32 Å². The van der Waals surface area contributed by atoms with Gasteiger partial charge in [0.2, 0.25) is 11.8 Å². The Hall–Kier alpha value is -3.26. The number of primary amides is 1. The molecule has 3 amide bonds. The van der Waals surface area contributed by atoms with Crippen molar-refractivity contribution in [2.24, 2.45) is 11.7 Å². The first-order chi connectivity index (χ1) is 15.9. The Morgan fingerprint density at radius 2 is 1.82 bits per heavy atom. The summed E-state index contributed by atoms with van der Waals surface area (Å²) in [7, 11) is 0. The number of benzene rings is 2. The molecule has 2 heterocycles. The number of carbonyl (C=O) groups excluding carboxylic acids is 3. The van der Waals surface area contributed by atoms with E-state index >= 15 is 0 Å². The second kappa shape index (κ2) is 10.1.